The first-order valence-corrected chi connectivity index (χ1v) is 7.22. The SMILES string of the molecule is Cc1nn2c(c1C(=O)O)N(Cc1ccc(Cl)c(Cl)c1)CC2. The van der Waals surface area contributed by atoms with E-state index in [1.165, 1.54) is 0 Å². The molecule has 0 saturated carbocycles. The zero-order chi connectivity index (χ0) is 15.1. The molecule has 2 heterocycles. The highest BCUT2D eigenvalue weighted by molar-refractivity contribution is 6.42. The van der Waals surface area contributed by atoms with Crippen LogP contribution >= 0.6 is 23.2 Å². The maximum absolute atomic E-state index is 11.4. The zero-order valence-electron chi connectivity index (χ0n) is 11.3. The number of nitrogens with zero attached hydrogens (tertiary/aromatic N) is 3. The second-order valence-corrected chi connectivity index (χ2v) is 5.80. The van der Waals surface area contributed by atoms with Gasteiger partial charge in [-0.3, -0.25) is 0 Å². The van der Waals surface area contributed by atoms with Gasteiger partial charge in [0.25, 0.3) is 0 Å². The van der Waals surface area contributed by atoms with Gasteiger partial charge in [0.15, 0.2) is 0 Å². The normalized spacial score (nSPS) is 13.6. The quantitative estimate of drug-likeness (QED) is 0.941. The molecule has 7 heteroatoms. The molecular weight excluding hydrogens is 313 g/mol. The third-order valence-corrected chi connectivity index (χ3v) is 4.29. The summed E-state index contributed by atoms with van der Waals surface area (Å²) in [6, 6.07) is 5.44. The van der Waals surface area contributed by atoms with E-state index in [4.69, 9.17) is 23.2 Å². The van der Waals surface area contributed by atoms with Crippen LogP contribution in [-0.2, 0) is 13.1 Å². The fraction of sp³-hybridized carbons (Fsp3) is 0.286. The molecule has 0 bridgehead atoms. The zero-order valence-corrected chi connectivity index (χ0v) is 12.8. The second kappa shape index (κ2) is 5.24. The minimum absolute atomic E-state index is 0.271. The van der Waals surface area contributed by atoms with Gasteiger partial charge in [-0.1, -0.05) is 29.3 Å². The number of aromatic nitrogens is 2. The lowest BCUT2D eigenvalue weighted by Crippen LogP contribution is -2.21. The summed E-state index contributed by atoms with van der Waals surface area (Å²) in [5.41, 5.74) is 1.79. The Hall–Kier alpha value is -1.72. The van der Waals surface area contributed by atoms with E-state index in [1.807, 2.05) is 11.0 Å². The molecule has 0 fully saturated rings. The fourth-order valence-corrected chi connectivity index (χ4v) is 2.95. The number of carboxylic acids is 1. The maximum Gasteiger partial charge on any atom is 0.341 e. The molecule has 5 nitrogen and oxygen atoms in total. The first-order chi connectivity index (χ1) is 9.97. The highest BCUT2D eigenvalue weighted by atomic mass is 35.5. The molecule has 3 rings (SSSR count). The number of hydrogen-bond acceptors (Lipinski definition) is 3. The molecule has 21 heavy (non-hydrogen) atoms. The van der Waals surface area contributed by atoms with E-state index in [1.54, 1.807) is 23.7 Å². The Bertz CT molecular complexity index is 727. The van der Waals surface area contributed by atoms with Crippen LogP contribution in [0.2, 0.25) is 10.0 Å². The van der Waals surface area contributed by atoms with Crippen LogP contribution in [0, 0.1) is 6.92 Å². The van der Waals surface area contributed by atoms with Crippen molar-refractivity contribution in [2.75, 3.05) is 11.4 Å². The van der Waals surface area contributed by atoms with E-state index in [0.29, 0.717) is 34.6 Å². The van der Waals surface area contributed by atoms with Gasteiger partial charge in [-0.15, -0.1) is 0 Å². The molecule has 0 radical (unpaired) electrons. The largest absolute Gasteiger partial charge is 0.477 e. The molecule has 1 aromatic carbocycles. The Morgan fingerprint density at radius 3 is 2.76 bits per heavy atom. The minimum atomic E-state index is -0.949. The van der Waals surface area contributed by atoms with Gasteiger partial charge in [0.2, 0.25) is 0 Å². The summed E-state index contributed by atoms with van der Waals surface area (Å²) in [7, 11) is 0. The molecular formula is C14H13Cl2N3O2. The third kappa shape index (κ3) is 2.47. The number of halogens is 2. The van der Waals surface area contributed by atoms with Crippen molar-refractivity contribution in [2.24, 2.45) is 0 Å². The molecule has 1 aromatic heterocycles. The molecule has 0 unspecified atom stereocenters. The van der Waals surface area contributed by atoms with E-state index in [0.717, 1.165) is 12.1 Å². The molecule has 0 amide bonds. The molecule has 1 aliphatic heterocycles. The van der Waals surface area contributed by atoms with Crippen LogP contribution in [0.3, 0.4) is 0 Å². The lowest BCUT2D eigenvalue weighted by molar-refractivity contribution is 0.0697. The summed E-state index contributed by atoms with van der Waals surface area (Å²) < 4.78 is 1.75. The van der Waals surface area contributed by atoms with Crippen molar-refractivity contribution < 1.29 is 9.90 Å². The van der Waals surface area contributed by atoms with Crippen molar-refractivity contribution in [3.05, 3.63) is 45.1 Å². The summed E-state index contributed by atoms with van der Waals surface area (Å²) in [6.07, 6.45) is 0. The van der Waals surface area contributed by atoms with Crippen LogP contribution in [0.15, 0.2) is 18.2 Å². The second-order valence-electron chi connectivity index (χ2n) is 4.98. The van der Waals surface area contributed by atoms with Crippen LogP contribution in [0.5, 0.6) is 0 Å². The van der Waals surface area contributed by atoms with E-state index in [2.05, 4.69) is 5.10 Å². The maximum atomic E-state index is 11.4. The summed E-state index contributed by atoms with van der Waals surface area (Å²) >= 11 is 11.9. The number of carboxylic acid groups (broad SMARTS) is 1. The average Bonchev–Trinajstić information content (AvgIpc) is 2.92. The van der Waals surface area contributed by atoms with Crippen molar-refractivity contribution >= 4 is 35.0 Å². The van der Waals surface area contributed by atoms with Crippen LogP contribution in [-0.4, -0.2) is 27.4 Å². The van der Waals surface area contributed by atoms with Gasteiger partial charge in [-0.05, 0) is 24.6 Å². The number of carbonyl (C=O) groups is 1. The summed E-state index contributed by atoms with van der Waals surface area (Å²) in [6.45, 7) is 3.70. The number of fused-ring (bicyclic) bond motifs is 1. The van der Waals surface area contributed by atoms with Gasteiger partial charge in [-0.25, -0.2) is 9.48 Å². The number of rotatable bonds is 3. The molecule has 1 aliphatic rings. The number of hydrogen-bond donors (Lipinski definition) is 1. The van der Waals surface area contributed by atoms with Crippen molar-refractivity contribution in [2.45, 2.75) is 20.0 Å². The lowest BCUT2D eigenvalue weighted by Gasteiger charge is -2.18. The smallest absolute Gasteiger partial charge is 0.341 e. The van der Waals surface area contributed by atoms with E-state index in [9.17, 15) is 9.90 Å². The highest BCUT2D eigenvalue weighted by Gasteiger charge is 2.29. The number of aromatic carboxylic acids is 1. The number of anilines is 1. The predicted molar refractivity (Wildman–Crippen MR) is 81.4 cm³/mol. The van der Waals surface area contributed by atoms with Crippen LogP contribution in [0.25, 0.3) is 0 Å². The molecule has 0 aliphatic carbocycles. The van der Waals surface area contributed by atoms with Gasteiger partial charge in [0, 0.05) is 13.1 Å². The van der Waals surface area contributed by atoms with Crippen LogP contribution in [0.1, 0.15) is 21.6 Å². The van der Waals surface area contributed by atoms with E-state index >= 15 is 0 Å². The average molecular weight is 326 g/mol. The Kier molecular flexibility index (Phi) is 3.55. The number of aryl methyl sites for hydroxylation is 1. The standard InChI is InChI=1S/C14H13Cl2N3O2/c1-8-12(14(20)21)13-18(4-5-19(13)17-8)7-9-2-3-10(15)11(16)6-9/h2-3,6H,4-5,7H2,1H3,(H,20,21). The third-order valence-electron chi connectivity index (χ3n) is 3.55. The molecule has 1 N–H and O–H groups in total. The van der Waals surface area contributed by atoms with Crippen molar-refractivity contribution in [3.63, 3.8) is 0 Å². The highest BCUT2D eigenvalue weighted by Crippen LogP contribution is 2.31. The van der Waals surface area contributed by atoms with Crippen molar-refractivity contribution in [1.82, 2.24) is 9.78 Å². The number of benzene rings is 1. The van der Waals surface area contributed by atoms with Crippen molar-refractivity contribution in [1.29, 1.82) is 0 Å². The monoisotopic (exact) mass is 325 g/mol. The van der Waals surface area contributed by atoms with Crippen LogP contribution < -0.4 is 4.90 Å². The minimum Gasteiger partial charge on any atom is -0.477 e. The van der Waals surface area contributed by atoms with Crippen LogP contribution in [0.4, 0.5) is 5.82 Å². The summed E-state index contributed by atoms with van der Waals surface area (Å²) in [4.78, 5) is 13.4. The first-order valence-electron chi connectivity index (χ1n) is 6.47. The summed E-state index contributed by atoms with van der Waals surface area (Å²) in [5, 5.41) is 14.7. The van der Waals surface area contributed by atoms with Gasteiger partial charge >= 0.3 is 5.97 Å². The molecule has 0 saturated heterocycles. The summed E-state index contributed by atoms with van der Waals surface area (Å²) in [5.74, 6) is -0.291. The van der Waals surface area contributed by atoms with Crippen molar-refractivity contribution in [3.8, 4) is 0 Å². The van der Waals surface area contributed by atoms with Gasteiger partial charge in [0.05, 0.1) is 22.3 Å². The molecule has 110 valence electrons. The van der Waals surface area contributed by atoms with E-state index < -0.39 is 5.97 Å². The van der Waals surface area contributed by atoms with Gasteiger partial charge in [-0.2, -0.15) is 5.10 Å². The topological polar surface area (TPSA) is 58.4 Å². The van der Waals surface area contributed by atoms with Gasteiger partial charge < -0.3 is 10.0 Å². The fourth-order valence-electron chi connectivity index (χ4n) is 2.63. The Labute approximate surface area is 131 Å². The first kappa shape index (κ1) is 14.2. The van der Waals surface area contributed by atoms with E-state index in [-0.39, 0.29) is 5.56 Å². The lowest BCUT2D eigenvalue weighted by atomic mass is 10.2. The molecule has 0 atom stereocenters. The predicted octanol–water partition coefficient (Wildman–Crippen LogP) is 3.22. The Morgan fingerprint density at radius 2 is 2.10 bits per heavy atom. The molecule has 0 spiro atoms. The molecule has 2 aromatic rings. The van der Waals surface area contributed by atoms with Gasteiger partial charge in [0.1, 0.15) is 11.4 Å². The Balaban J connectivity index is 1.93. The Morgan fingerprint density at radius 1 is 1.33 bits per heavy atom.